The fourth-order valence-electron chi connectivity index (χ4n) is 0.832. The van der Waals surface area contributed by atoms with Crippen molar-refractivity contribution in [3.63, 3.8) is 0 Å². The molecule has 0 bridgehead atoms. The fraction of sp³-hybridized carbons (Fsp3) is 0.545. The number of nitrogens with zero attached hydrogens (tertiary/aromatic N) is 1. The first-order chi connectivity index (χ1) is 7.92. The lowest BCUT2D eigenvalue weighted by Crippen LogP contribution is -2.35. The lowest BCUT2D eigenvalue weighted by Gasteiger charge is -2.11. The lowest BCUT2D eigenvalue weighted by molar-refractivity contribution is -0.138. The number of nitrogens with one attached hydrogen (secondary N) is 2. The van der Waals surface area contributed by atoms with Gasteiger partial charge in [-0.05, 0) is 20.3 Å². The maximum Gasteiger partial charge on any atom is 0.325 e. The maximum atomic E-state index is 11.5. The van der Waals surface area contributed by atoms with E-state index in [1.54, 1.807) is 6.07 Å². The highest BCUT2D eigenvalue weighted by molar-refractivity contribution is 5.97. The maximum absolute atomic E-state index is 11.5. The highest BCUT2D eigenvalue weighted by Crippen LogP contribution is 1.95. The minimum atomic E-state index is -1.05. The molecule has 1 amide bonds. The molecular weight excluding hydrogens is 222 g/mol. The lowest BCUT2D eigenvalue weighted by atomic mass is 10.2. The van der Waals surface area contributed by atoms with Gasteiger partial charge in [0.15, 0.2) is 0 Å². The molecule has 0 aliphatic carbocycles. The van der Waals surface area contributed by atoms with Gasteiger partial charge in [0, 0.05) is 12.2 Å². The molecule has 0 aromatic carbocycles. The Morgan fingerprint density at radius 1 is 1.47 bits per heavy atom. The first-order valence-corrected chi connectivity index (χ1v) is 5.32. The van der Waals surface area contributed by atoms with Crippen molar-refractivity contribution in [2.24, 2.45) is 0 Å². The Morgan fingerprint density at radius 3 is 2.47 bits per heavy atom. The number of aliphatic carboxylic acids is 1. The zero-order valence-corrected chi connectivity index (χ0v) is 10.2. The molecule has 0 fully saturated rings. The molecule has 6 heteroatoms. The van der Waals surface area contributed by atoms with Gasteiger partial charge in [0.25, 0.3) is 5.91 Å². The van der Waals surface area contributed by atoms with Crippen LogP contribution in [0.1, 0.15) is 27.2 Å². The van der Waals surface area contributed by atoms with E-state index in [4.69, 9.17) is 10.4 Å². The summed E-state index contributed by atoms with van der Waals surface area (Å²) in [4.78, 5) is 22.1. The van der Waals surface area contributed by atoms with Gasteiger partial charge in [-0.3, -0.25) is 9.59 Å². The number of amides is 1. The van der Waals surface area contributed by atoms with Gasteiger partial charge in [0.2, 0.25) is 0 Å². The Morgan fingerprint density at radius 2 is 2.06 bits per heavy atom. The molecule has 0 spiro atoms. The summed E-state index contributed by atoms with van der Waals surface area (Å²) in [6.07, 6.45) is 1.87. The minimum absolute atomic E-state index is 0.0313. The van der Waals surface area contributed by atoms with Gasteiger partial charge < -0.3 is 15.7 Å². The fourth-order valence-corrected chi connectivity index (χ4v) is 0.832. The third-order valence-electron chi connectivity index (χ3n) is 2.20. The molecule has 0 heterocycles. The number of nitriles is 1. The Labute approximate surface area is 100 Å². The second-order valence-corrected chi connectivity index (χ2v) is 3.68. The van der Waals surface area contributed by atoms with E-state index >= 15 is 0 Å². The topological polar surface area (TPSA) is 102 Å². The summed E-state index contributed by atoms with van der Waals surface area (Å²) in [6.45, 7) is 5.14. The summed E-state index contributed by atoms with van der Waals surface area (Å²) in [5.41, 5.74) is -0.140. The molecule has 94 valence electrons. The van der Waals surface area contributed by atoms with E-state index < -0.39 is 17.9 Å². The molecule has 0 aliphatic rings. The van der Waals surface area contributed by atoms with Crippen molar-refractivity contribution in [1.82, 2.24) is 10.6 Å². The molecule has 0 rings (SSSR count). The Kier molecular flexibility index (Phi) is 6.41. The van der Waals surface area contributed by atoms with Crippen LogP contribution in [-0.4, -0.2) is 29.1 Å². The number of rotatable bonds is 6. The number of carbonyl (C=O) groups is 2. The predicted molar refractivity (Wildman–Crippen MR) is 61.8 cm³/mol. The van der Waals surface area contributed by atoms with Crippen molar-refractivity contribution in [1.29, 1.82) is 5.26 Å². The predicted octanol–water partition coefficient (Wildman–Crippen LogP) is 0.371. The average molecular weight is 239 g/mol. The molecule has 3 N–H and O–H groups in total. The highest BCUT2D eigenvalue weighted by Gasteiger charge is 2.13. The van der Waals surface area contributed by atoms with Crippen LogP contribution in [0, 0.1) is 11.3 Å². The smallest absolute Gasteiger partial charge is 0.325 e. The van der Waals surface area contributed by atoms with E-state index in [0.717, 1.165) is 12.6 Å². The zero-order chi connectivity index (χ0) is 13.4. The van der Waals surface area contributed by atoms with Crippen LogP contribution >= 0.6 is 0 Å². The average Bonchev–Trinajstić information content (AvgIpc) is 2.28. The van der Waals surface area contributed by atoms with Crippen molar-refractivity contribution in [3.8, 4) is 6.07 Å². The van der Waals surface area contributed by atoms with Gasteiger partial charge in [0.1, 0.15) is 17.7 Å². The second-order valence-electron chi connectivity index (χ2n) is 3.68. The molecule has 0 saturated heterocycles. The third-order valence-corrected chi connectivity index (χ3v) is 2.20. The number of hydrogen-bond donors (Lipinski definition) is 3. The SMILES string of the molecule is CCC(C)NC(=O)/C(C#N)=C\NC(C)C(=O)O. The van der Waals surface area contributed by atoms with E-state index in [9.17, 15) is 9.59 Å². The molecule has 2 atom stereocenters. The Balaban J connectivity index is 4.52. The first kappa shape index (κ1) is 15.0. The van der Waals surface area contributed by atoms with Crippen molar-refractivity contribution in [2.75, 3.05) is 0 Å². The molecule has 0 aromatic heterocycles. The summed E-state index contributed by atoms with van der Waals surface area (Å²) in [6, 6.07) is 0.836. The van der Waals surface area contributed by atoms with Crippen LogP contribution in [0.2, 0.25) is 0 Å². The molecule has 0 aromatic rings. The van der Waals surface area contributed by atoms with Crippen molar-refractivity contribution in [3.05, 3.63) is 11.8 Å². The molecule has 6 nitrogen and oxygen atoms in total. The van der Waals surface area contributed by atoms with E-state index in [2.05, 4.69) is 10.6 Å². The molecular formula is C11H17N3O3. The number of carboxylic acids is 1. The van der Waals surface area contributed by atoms with Crippen LogP contribution in [-0.2, 0) is 9.59 Å². The molecule has 2 unspecified atom stereocenters. The van der Waals surface area contributed by atoms with Crippen LogP contribution in [0.4, 0.5) is 0 Å². The van der Waals surface area contributed by atoms with E-state index in [1.165, 1.54) is 6.92 Å². The summed E-state index contributed by atoms with van der Waals surface area (Å²) in [7, 11) is 0. The molecule has 0 aliphatic heterocycles. The van der Waals surface area contributed by atoms with Crippen molar-refractivity contribution in [2.45, 2.75) is 39.3 Å². The van der Waals surface area contributed by atoms with E-state index in [0.29, 0.717) is 0 Å². The van der Waals surface area contributed by atoms with Gasteiger partial charge >= 0.3 is 5.97 Å². The van der Waals surface area contributed by atoms with Gasteiger partial charge in [-0.15, -0.1) is 0 Å². The van der Waals surface area contributed by atoms with E-state index in [1.807, 2.05) is 13.8 Å². The van der Waals surface area contributed by atoms with Gasteiger partial charge in [-0.2, -0.15) is 5.26 Å². The zero-order valence-electron chi connectivity index (χ0n) is 10.2. The third kappa shape index (κ3) is 5.56. The molecule has 17 heavy (non-hydrogen) atoms. The Hall–Kier alpha value is -2.03. The first-order valence-electron chi connectivity index (χ1n) is 5.32. The van der Waals surface area contributed by atoms with Crippen LogP contribution in [0.3, 0.4) is 0 Å². The molecule has 0 radical (unpaired) electrons. The largest absolute Gasteiger partial charge is 0.480 e. The van der Waals surface area contributed by atoms with Crippen molar-refractivity contribution >= 4 is 11.9 Å². The quantitative estimate of drug-likeness (QED) is 0.459. The van der Waals surface area contributed by atoms with Crippen LogP contribution < -0.4 is 10.6 Å². The van der Waals surface area contributed by atoms with Gasteiger partial charge in [-0.25, -0.2) is 0 Å². The number of carbonyl (C=O) groups excluding carboxylic acids is 1. The van der Waals surface area contributed by atoms with Crippen molar-refractivity contribution < 1.29 is 14.7 Å². The minimum Gasteiger partial charge on any atom is -0.480 e. The van der Waals surface area contributed by atoms with Crippen LogP contribution in [0.15, 0.2) is 11.8 Å². The van der Waals surface area contributed by atoms with Gasteiger partial charge in [-0.1, -0.05) is 6.92 Å². The Bertz CT molecular complexity index is 357. The normalized spacial score (nSPS) is 14.4. The summed E-state index contributed by atoms with van der Waals surface area (Å²) in [5.74, 6) is -1.56. The van der Waals surface area contributed by atoms with E-state index in [-0.39, 0.29) is 11.6 Å². The number of carboxylic acid groups (broad SMARTS) is 1. The van der Waals surface area contributed by atoms with Gasteiger partial charge in [0.05, 0.1) is 0 Å². The monoisotopic (exact) mass is 239 g/mol. The summed E-state index contributed by atoms with van der Waals surface area (Å²) < 4.78 is 0. The van der Waals surface area contributed by atoms with Crippen LogP contribution in [0.5, 0.6) is 0 Å². The summed E-state index contributed by atoms with van der Waals surface area (Å²) in [5, 5.41) is 22.5. The highest BCUT2D eigenvalue weighted by atomic mass is 16.4. The standard InChI is InChI=1S/C11H17N3O3/c1-4-7(2)14-10(15)9(5-12)6-13-8(3)11(16)17/h6-8,13H,4H2,1-3H3,(H,14,15)(H,16,17)/b9-6-. The van der Waals surface area contributed by atoms with Crippen LogP contribution in [0.25, 0.3) is 0 Å². The molecule has 0 saturated carbocycles. The summed E-state index contributed by atoms with van der Waals surface area (Å²) >= 11 is 0. The second kappa shape index (κ2) is 7.28. The number of hydrogen-bond acceptors (Lipinski definition) is 4.